The molecule has 5 nitrogen and oxygen atoms in total. The van der Waals surface area contributed by atoms with E-state index in [0.29, 0.717) is 6.61 Å². The van der Waals surface area contributed by atoms with Crippen molar-refractivity contribution in [1.29, 1.82) is 0 Å². The van der Waals surface area contributed by atoms with Crippen LogP contribution in [0, 0.1) is 0 Å². The normalized spacial score (nSPS) is 14.2. The molecule has 0 bridgehead atoms. The summed E-state index contributed by atoms with van der Waals surface area (Å²) in [5.41, 5.74) is -0.628. The molecule has 1 aromatic heterocycles. The van der Waals surface area contributed by atoms with Crippen LogP contribution in [-0.4, -0.2) is 33.7 Å². The van der Waals surface area contributed by atoms with Crippen molar-refractivity contribution in [2.24, 2.45) is 0 Å². The summed E-state index contributed by atoms with van der Waals surface area (Å²) in [4.78, 5) is 16.5. The molecule has 21 heavy (non-hydrogen) atoms. The van der Waals surface area contributed by atoms with Gasteiger partial charge in [-0.3, -0.25) is 10.1 Å². The first-order chi connectivity index (χ1) is 9.92. The fourth-order valence-electron chi connectivity index (χ4n) is 2.62. The number of nitrogens with one attached hydrogen (secondary N) is 1. The maximum atomic E-state index is 12.2. The molecule has 5 heteroatoms. The Bertz CT molecular complexity index is 442. The molecule has 1 heterocycles. The number of carbonyl (C=O) groups is 1. The summed E-state index contributed by atoms with van der Waals surface area (Å²) in [6.45, 7) is 11.2. The minimum absolute atomic E-state index is 0.167. The Morgan fingerprint density at radius 2 is 2.19 bits per heavy atom. The molecule has 0 aliphatic heterocycles. The zero-order valence-electron chi connectivity index (χ0n) is 14.0. The summed E-state index contributed by atoms with van der Waals surface area (Å²) < 4.78 is 7.37. The molecule has 120 valence electrons. The summed E-state index contributed by atoms with van der Waals surface area (Å²) >= 11 is 0. The number of rotatable bonds is 9. The van der Waals surface area contributed by atoms with E-state index in [4.69, 9.17) is 4.74 Å². The maximum Gasteiger partial charge on any atom is 0.326 e. The fraction of sp³-hybridized carbons (Fsp3) is 0.750. The molecule has 0 aromatic carbocycles. The zero-order valence-corrected chi connectivity index (χ0v) is 14.0. The van der Waals surface area contributed by atoms with Crippen molar-refractivity contribution in [1.82, 2.24) is 14.9 Å². The number of imidazole rings is 1. The van der Waals surface area contributed by atoms with E-state index < -0.39 is 5.54 Å². The third-order valence-corrected chi connectivity index (χ3v) is 3.53. The highest BCUT2D eigenvalue weighted by molar-refractivity contribution is 5.80. The van der Waals surface area contributed by atoms with Crippen LogP contribution in [0.1, 0.15) is 53.3 Å². The topological polar surface area (TPSA) is 56.2 Å². The second-order valence-corrected chi connectivity index (χ2v) is 5.85. The van der Waals surface area contributed by atoms with Gasteiger partial charge in [-0.15, -0.1) is 0 Å². The van der Waals surface area contributed by atoms with E-state index in [-0.39, 0.29) is 12.0 Å². The van der Waals surface area contributed by atoms with Crippen LogP contribution in [0.15, 0.2) is 12.4 Å². The predicted molar refractivity (Wildman–Crippen MR) is 84.1 cm³/mol. The van der Waals surface area contributed by atoms with Crippen molar-refractivity contribution in [3.63, 3.8) is 0 Å². The van der Waals surface area contributed by atoms with E-state index in [1.807, 2.05) is 40.1 Å². The van der Waals surface area contributed by atoms with Gasteiger partial charge in [0.1, 0.15) is 11.4 Å². The molecular weight excluding hydrogens is 266 g/mol. The Kier molecular flexibility index (Phi) is 6.89. The van der Waals surface area contributed by atoms with E-state index in [1.165, 1.54) is 0 Å². The summed E-state index contributed by atoms with van der Waals surface area (Å²) in [6, 6.07) is 0.235. The molecule has 1 aromatic rings. The minimum Gasteiger partial charge on any atom is -0.465 e. The molecule has 1 N–H and O–H groups in total. The monoisotopic (exact) mass is 295 g/mol. The third-order valence-electron chi connectivity index (χ3n) is 3.53. The Hall–Kier alpha value is -1.36. The molecule has 1 unspecified atom stereocenters. The van der Waals surface area contributed by atoms with Gasteiger partial charge in [0.15, 0.2) is 0 Å². The quantitative estimate of drug-likeness (QED) is 0.711. The van der Waals surface area contributed by atoms with Crippen molar-refractivity contribution in [3.05, 3.63) is 18.2 Å². The highest BCUT2D eigenvalue weighted by Gasteiger charge is 2.34. The smallest absolute Gasteiger partial charge is 0.326 e. The molecule has 0 saturated carbocycles. The lowest BCUT2D eigenvalue weighted by Gasteiger charge is -2.30. The van der Waals surface area contributed by atoms with Gasteiger partial charge >= 0.3 is 5.97 Å². The molecule has 0 fully saturated rings. The van der Waals surface area contributed by atoms with E-state index in [1.54, 1.807) is 0 Å². The average molecular weight is 295 g/mol. The molecule has 0 aliphatic carbocycles. The highest BCUT2D eigenvalue weighted by Crippen LogP contribution is 2.17. The molecule has 1 rings (SSSR count). The Morgan fingerprint density at radius 3 is 2.76 bits per heavy atom. The number of aryl methyl sites for hydroxylation is 2. The van der Waals surface area contributed by atoms with E-state index >= 15 is 0 Å². The van der Waals surface area contributed by atoms with Crippen molar-refractivity contribution >= 4 is 5.97 Å². The van der Waals surface area contributed by atoms with Gasteiger partial charge < -0.3 is 9.30 Å². The average Bonchev–Trinajstić information content (AvgIpc) is 2.85. The molecule has 0 aliphatic rings. The van der Waals surface area contributed by atoms with Crippen LogP contribution < -0.4 is 5.32 Å². The predicted octanol–water partition coefficient (Wildman–Crippen LogP) is 2.55. The van der Waals surface area contributed by atoms with Crippen molar-refractivity contribution in [3.8, 4) is 0 Å². The first-order valence-electron chi connectivity index (χ1n) is 7.87. The molecule has 0 radical (unpaired) electrons. The SMILES string of the molecule is CCOC(=O)C(C)(CCCn1ccnc1CC)NC(C)C. The number of aromatic nitrogens is 2. The van der Waals surface area contributed by atoms with Gasteiger partial charge in [0, 0.05) is 31.4 Å². The number of carbonyl (C=O) groups excluding carboxylic acids is 1. The lowest BCUT2D eigenvalue weighted by Crippen LogP contribution is -2.53. The lowest BCUT2D eigenvalue weighted by atomic mass is 9.94. The zero-order chi connectivity index (χ0) is 15.9. The first kappa shape index (κ1) is 17.7. The number of hydrogen-bond acceptors (Lipinski definition) is 4. The molecule has 0 spiro atoms. The van der Waals surface area contributed by atoms with Gasteiger partial charge in [-0.25, -0.2) is 4.98 Å². The Labute approximate surface area is 128 Å². The standard InChI is InChI=1S/C16H29N3O2/c1-6-14-17-10-12-19(14)11-8-9-16(5,18-13(3)4)15(20)21-7-2/h10,12-13,18H,6-9,11H2,1-5H3. The van der Waals surface area contributed by atoms with Crippen molar-refractivity contribution in [2.45, 2.75) is 72.0 Å². The molecule has 0 saturated heterocycles. The summed E-state index contributed by atoms with van der Waals surface area (Å²) in [5.74, 6) is 0.921. The van der Waals surface area contributed by atoms with Crippen LogP contribution >= 0.6 is 0 Å². The Balaban J connectivity index is 2.63. The Morgan fingerprint density at radius 1 is 1.48 bits per heavy atom. The number of ether oxygens (including phenoxy) is 1. The van der Waals surface area contributed by atoms with Gasteiger partial charge in [0.2, 0.25) is 0 Å². The maximum absolute atomic E-state index is 12.2. The number of esters is 1. The van der Waals surface area contributed by atoms with Crippen LogP contribution in [0.4, 0.5) is 0 Å². The van der Waals surface area contributed by atoms with E-state index in [0.717, 1.165) is 31.6 Å². The van der Waals surface area contributed by atoms with Crippen molar-refractivity contribution < 1.29 is 9.53 Å². The summed E-state index contributed by atoms with van der Waals surface area (Å²) in [6.07, 6.45) is 6.39. The van der Waals surface area contributed by atoms with E-state index in [9.17, 15) is 4.79 Å². The highest BCUT2D eigenvalue weighted by atomic mass is 16.5. The third kappa shape index (κ3) is 5.16. The first-order valence-corrected chi connectivity index (χ1v) is 7.87. The molecule has 0 amide bonds. The minimum atomic E-state index is -0.628. The van der Waals surface area contributed by atoms with Gasteiger partial charge in [0.25, 0.3) is 0 Å². The number of hydrogen-bond donors (Lipinski definition) is 1. The van der Waals surface area contributed by atoms with E-state index in [2.05, 4.69) is 21.8 Å². The van der Waals surface area contributed by atoms with Gasteiger partial charge in [-0.05, 0) is 40.5 Å². The second kappa shape index (κ2) is 8.17. The fourth-order valence-corrected chi connectivity index (χ4v) is 2.62. The van der Waals surface area contributed by atoms with Crippen LogP contribution in [-0.2, 0) is 22.5 Å². The van der Waals surface area contributed by atoms with Crippen molar-refractivity contribution in [2.75, 3.05) is 6.61 Å². The van der Waals surface area contributed by atoms with Crippen LogP contribution in [0.2, 0.25) is 0 Å². The summed E-state index contributed by atoms with van der Waals surface area (Å²) in [7, 11) is 0. The van der Waals surface area contributed by atoms with Crippen LogP contribution in [0.3, 0.4) is 0 Å². The van der Waals surface area contributed by atoms with Gasteiger partial charge in [0.05, 0.1) is 6.61 Å². The van der Waals surface area contributed by atoms with Gasteiger partial charge in [-0.2, -0.15) is 0 Å². The number of nitrogens with zero attached hydrogens (tertiary/aromatic N) is 2. The largest absolute Gasteiger partial charge is 0.465 e. The van der Waals surface area contributed by atoms with Crippen LogP contribution in [0.5, 0.6) is 0 Å². The second-order valence-electron chi connectivity index (χ2n) is 5.85. The van der Waals surface area contributed by atoms with Gasteiger partial charge in [-0.1, -0.05) is 6.92 Å². The summed E-state index contributed by atoms with van der Waals surface area (Å²) in [5, 5.41) is 3.35. The lowest BCUT2D eigenvalue weighted by molar-refractivity contribution is -0.151. The molecular formula is C16H29N3O2. The van der Waals surface area contributed by atoms with Crippen LogP contribution in [0.25, 0.3) is 0 Å². The molecule has 1 atom stereocenters.